The minimum atomic E-state index is -4.31. The molecule has 3 rings (SSSR count). The van der Waals surface area contributed by atoms with Crippen LogP contribution in [0.25, 0.3) is 11.2 Å². The van der Waals surface area contributed by atoms with Crippen LogP contribution in [0.2, 0.25) is 0 Å². The Hall–Kier alpha value is -1.62. The van der Waals surface area contributed by atoms with Gasteiger partial charge >= 0.3 is 7.60 Å². The molecular weight excluding hydrogens is 329 g/mol. The molecule has 12 heteroatoms. The third-order valence-corrected chi connectivity index (χ3v) is 4.03. The number of aliphatic hydroxyl groups is 1. The van der Waals surface area contributed by atoms with Gasteiger partial charge in [0.25, 0.3) is 0 Å². The van der Waals surface area contributed by atoms with Gasteiger partial charge in [0, 0.05) is 6.42 Å². The van der Waals surface area contributed by atoms with Gasteiger partial charge in [-0.05, 0) is 0 Å². The number of aliphatic hydroxyl groups excluding tert-OH is 1. The molecule has 0 aliphatic carbocycles. The molecule has 1 aliphatic rings. The number of ether oxygens (including phenoxy) is 2. The molecule has 0 aromatic carbocycles. The van der Waals surface area contributed by atoms with Crippen molar-refractivity contribution >= 4 is 18.8 Å². The maximum atomic E-state index is 10.9. The number of imidazole rings is 1. The van der Waals surface area contributed by atoms with E-state index in [4.69, 9.17) is 24.7 Å². The Bertz CT molecular complexity index is 800. The van der Waals surface area contributed by atoms with Crippen molar-refractivity contribution in [3.05, 3.63) is 18.1 Å². The summed E-state index contributed by atoms with van der Waals surface area (Å²) in [5, 5.41) is 17.5. The first-order valence-electron chi connectivity index (χ1n) is 6.76. The summed E-state index contributed by atoms with van der Waals surface area (Å²) in [4.78, 5) is 28.6. The lowest BCUT2D eigenvalue weighted by Gasteiger charge is -2.16. The Kier molecular flexibility index (Phi) is 4.32. The minimum absolute atomic E-state index is 0.102. The topological polar surface area (TPSA) is 167 Å². The first kappa shape index (κ1) is 16.2. The Morgan fingerprint density at radius 1 is 1.52 bits per heavy atom. The van der Waals surface area contributed by atoms with E-state index >= 15 is 0 Å². The summed E-state index contributed by atoms with van der Waals surface area (Å²) >= 11 is 0. The molecule has 11 nitrogen and oxygen atoms in total. The van der Waals surface area contributed by atoms with E-state index in [9.17, 15) is 9.67 Å². The van der Waals surface area contributed by atoms with Gasteiger partial charge < -0.3 is 29.4 Å². The van der Waals surface area contributed by atoms with Crippen molar-refractivity contribution in [3.63, 3.8) is 0 Å². The summed E-state index contributed by atoms with van der Waals surface area (Å²) in [7, 11) is -4.31. The fraction of sp³-hybridized carbons (Fsp3) is 0.545. The quantitative estimate of drug-likeness (QED) is 0.432. The number of rotatable bonds is 5. The van der Waals surface area contributed by atoms with Crippen molar-refractivity contribution < 1.29 is 28.9 Å². The van der Waals surface area contributed by atoms with Crippen LogP contribution in [0.15, 0.2) is 12.7 Å². The molecule has 0 unspecified atom stereocenters. The predicted octanol–water partition coefficient (Wildman–Crippen LogP) is -0.961. The monoisotopic (exact) mass is 345 g/mol. The summed E-state index contributed by atoms with van der Waals surface area (Å²) in [6, 6.07) is 0. The molecule has 0 spiro atoms. The minimum Gasteiger partial charge on any atom is -0.394 e. The second-order valence-electron chi connectivity index (χ2n) is 5.15. The van der Waals surface area contributed by atoms with Gasteiger partial charge in [0.2, 0.25) is 0 Å². The van der Waals surface area contributed by atoms with Gasteiger partial charge in [0.05, 0.1) is 19.0 Å². The van der Waals surface area contributed by atoms with E-state index in [1.54, 1.807) is 0 Å². The predicted molar refractivity (Wildman–Crippen MR) is 75.1 cm³/mol. The first-order chi connectivity index (χ1) is 10.9. The Balaban J connectivity index is 1.82. The van der Waals surface area contributed by atoms with Crippen LogP contribution in [0.5, 0.6) is 0 Å². The fourth-order valence-electron chi connectivity index (χ4n) is 2.48. The largest absolute Gasteiger partial charge is 0.394 e. The molecule has 3 heterocycles. The van der Waals surface area contributed by atoms with Gasteiger partial charge in [0.1, 0.15) is 30.5 Å². The molecule has 0 saturated carbocycles. The number of aromatic nitrogens is 4. The zero-order chi connectivity index (χ0) is 16.6. The van der Waals surface area contributed by atoms with Gasteiger partial charge in [-0.2, -0.15) is 0 Å². The standard InChI is InChI=1S/C11H16N5O6P/c12-10-9-11(14-3-13-9)15-4-16(10)8-1-6(7(2-17)22-8)21-5-23(18,19)20/h3-4,6-8,12,17H,1-2,5H2,(H,13,14)(H2,18,19,20)/t6-,7+,8-/m0/s1. The second kappa shape index (κ2) is 6.11. The van der Waals surface area contributed by atoms with Crippen LogP contribution in [-0.2, 0) is 14.0 Å². The Morgan fingerprint density at radius 2 is 2.30 bits per heavy atom. The SMILES string of the molecule is N=c1c2[nH]cnc2ncn1[C@@H]1C[C@H](OCP(=O)(O)O)[C@@H](CO)O1. The van der Waals surface area contributed by atoms with Crippen LogP contribution in [0, 0.1) is 5.41 Å². The zero-order valence-corrected chi connectivity index (χ0v) is 12.8. The molecule has 3 atom stereocenters. The molecule has 0 bridgehead atoms. The summed E-state index contributed by atoms with van der Waals surface area (Å²) < 4.78 is 23.2. The summed E-state index contributed by atoms with van der Waals surface area (Å²) in [5.74, 6) is 0. The van der Waals surface area contributed by atoms with Crippen molar-refractivity contribution in [1.82, 2.24) is 19.5 Å². The molecule has 1 fully saturated rings. The maximum absolute atomic E-state index is 10.9. The van der Waals surface area contributed by atoms with E-state index in [2.05, 4.69) is 15.0 Å². The second-order valence-corrected chi connectivity index (χ2v) is 6.74. The van der Waals surface area contributed by atoms with Gasteiger partial charge in [-0.1, -0.05) is 0 Å². The van der Waals surface area contributed by atoms with Crippen LogP contribution >= 0.6 is 7.60 Å². The molecule has 2 aromatic heterocycles. The number of fused-ring (bicyclic) bond motifs is 1. The van der Waals surface area contributed by atoms with Crippen LogP contribution < -0.4 is 5.49 Å². The lowest BCUT2D eigenvalue weighted by Crippen LogP contribution is -2.28. The lowest BCUT2D eigenvalue weighted by atomic mass is 10.2. The molecular formula is C11H16N5O6P. The van der Waals surface area contributed by atoms with E-state index in [1.807, 2.05) is 0 Å². The van der Waals surface area contributed by atoms with E-state index in [0.717, 1.165) is 0 Å². The average Bonchev–Trinajstić information content (AvgIpc) is 3.11. The van der Waals surface area contributed by atoms with E-state index in [1.165, 1.54) is 17.2 Å². The summed E-state index contributed by atoms with van der Waals surface area (Å²) in [6.45, 7) is -0.365. The Morgan fingerprint density at radius 3 is 3.00 bits per heavy atom. The van der Waals surface area contributed by atoms with Crippen LogP contribution in [0.4, 0.5) is 0 Å². The number of aromatic amines is 1. The van der Waals surface area contributed by atoms with Gasteiger partial charge in [-0.25, -0.2) is 9.97 Å². The highest BCUT2D eigenvalue weighted by Gasteiger charge is 2.38. The number of nitrogens with zero attached hydrogens (tertiary/aromatic N) is 3. The number of nitrogens with one attached hydrogen (secondary N) is 2. The van der Waals surface area contributed by atoms with Crippen LogP contribution in [0.1, 0.15) is 12.6 Å². The number of hydrogen-bond acceptors (Lipinski definition) is 7. The highest BCUT2D eigenvalue weighted by Crippen LogP contribution is 2.37. The first-order valence-corrected chi connectivity index (χ1v) is 8.56. The van der Waals surface area contributed by atoms with Crippen molar-refractivity contribution in [3.8, 4) is 0 Å². The highest BCUT2D eigenvalue weighted by atomic mass is 31.2. The van der Waals surface area contributed by atoms with Crippen molar-refractivity contribution in [2.45, 2.75) is 24.9 Å². The summed E-state index contributed by atoms with van der Waals surface area (Å²) in [6.07, 6.45) is 0.233. The highest BCUT2D eigenvalue weighted by molar-refractivity contribution is 7.51. The molecule has 1 aliphatic heterocycles. The van der Waals surface area contributed by atoms with Gasteiger partial charge in [-0.3, -0.25) is 14.5 Å². The van der Waals surface area contributed by atoms with Gasteiger partial charge in [0.15, 0.2) is 11.1 Å². The molecule has 0 radical (unpaired) electrons. The van der Waals surface area contributed by atoms with E-state index < -0.39 is 32.4 Å². The lowest BCUT2D eigenvalue weighted by molar-refractivity contribution is -0.0573. The fourth-order valence-corrected chi connectivity index (χ4v) is 2.87. The van der Waals surface area contributed by atoms with E-state index in [0.29, 0.717) is 11.2 Å². The van der Waals surface area contributed by atoms with Crippen LogP contribution in [0.3, 0.4) is 0 Å². The smallest absolute Gasteiger partial charge is 0.350 e. The molecule has 5 N–H and O–H groups in total. The molecule has 1 saturated heterocycles. The van der Waals surface area contributed by atoms with Crippen molar-refractivity contribution in [2.24, 2.45) is 0 Å². The third kappa shape index (κ3) is 3.34. The van der Waals surface area contributed by atoms with Crippen molar-refractivity contribution in [2.75, 3.05) is 13.0 Å². The third-order valence-electron chi connectivity index (χ3n) is 3.55. The van der Waals surface area contributed by atoms with Crippen molar-refractivity contribution in [1.29, 1.82) is 5.41 Å². The normalized spacial score (nSPS) is 25.3. The molecule has 23 heavy (non-hydrogen) atoms. The van der Waals surface area contributed by atoms with Crippen LogP contribution in [-0.4, -0.2) is 59.6 Å². The number of hydrogen-bond donors (Lipinski definition) is 5. The zero-order valence-electron chi connectivity index (χ0n) is 11.9. The van der Waals surface area contributed by atoms with Gasteiger partial charge in [-0.15, -0.1) is 0 Å². The average molecular weight is 345 g/mol. The molecule has 126 valence electrons. The number of H-pyrrole nitrogens is 1. The Labute approximate surface area is 129 Å². The summed E-state index contributed by atoms with van der Waals surface area (Å²) in [5.41, 5.74) is 0.943. The maximum Gasteiger partial charge on any atom is 0.350 e. The molecule has 2 aromatic rings. The molecule has 0 amide bonds. The van der Waals surface area contributed by atoms with E-state index in [-0.39, 0.29) is 18.5 Å².